The van der Waals surface area contributed by atoms with Gasteiger partial charge in [0.2, 0.25) is 0 Å². The van der Waals surface area contributed by atoms with Crippen molar-refractivity contribution in [3.05, 3.63) is 35.1 Å². The van der Waals surface area contributed by atoms with Crippen LogP contribution in [0.15, 0.2) is 18.2 Å². The van der Waals surface area contributed by atoms with Gasteiger partial charge in [-0.25, -0.2) is 4.39 Å². The molecule has 0 aromatic heterocycles. The van der Waals surface area contributed by atoms with Gasteiger partial charge in [0.15, 0.2) is 0 Å². The Balaban J connectivity index is 1.95. The van der Waals surface area contributed by atoms with Gasteiger partial charge in [-0.1, -0.05) is 44.2 Å². The maximum Gasteiger partial charge on any atom is 0.128 e. The van der Waals surface area contributed by atoms with Crippen LogP contribution in [0, 0.1) is 18.7 Å². The van der Waals surface area contributed by atoms with Crippen LogP contribution in [0.5, 0.6) is 0 Å². The Morgan fingerprint density at radius 3 is 2.68 bits per heavy atom. The third-order valence-electron chi connectivity index (χ3n) is 4.32. The molecule has 1 aromatic rings. The smallest absolute Gasteiger partial charge is 0.128 e. The topological polar surface area (TPSA) is 38.0 Å². The standard InChI is InChI=1S/C16H25FN2/c1-12-7-9-14(15(17)11-12)16(19-18)10-8-13-5-3-2-4-6-13/h7,9,11,13,16,19H,2-6,8,10,18H2,1H3. The van der Waals surface area contributed by atoms with Crippen LogP contribution in [0.4, 0.5) is 4.39 Å². The Kier molecular flexibility index (Phi) is 5.34. The number of hydrazine groups is 1. The Morgan fingerprint density at radius 2 is 2.05 bits per heavy atom. The van der Waals surface area contributed by atoms with E-state index >= 15 is 0 Å². The summed E-state index contributed by atoms with van der Waals surface area (Å²) in [6.45, 7) is 1.90. The molecule has 0 heterocycles. The van der Waals surface area contributed by atoms with Gasteiger partial charge >= 0.3 is 0 Å². The summed E-state index contributed by atoms with van der Waals surface area (Å²) < 4.78 is 14.0. The molecule has 1 saturated carbocycles. The van der Waals surface area contributed by atoms with Crippen molar-refractivity contribution in [1.29, 1.82) is 0 Å². The highest BCUT2D eigenvalue weighted by Gasteiger charge is 2.18. The van der Waals surface area contributed by atoms with E-state index in [1.165, 1.54) is 32.1 Å². The zero-order chi connectivity index (χ0) is 13.7. The molecule has 2 rings (SSSR count). The molecule has 3 N–H and O–H groups in total. The van der Waals surface area contributed by atoms with E-state index in [9.17, 15) is 4.39 Å². The summed E-state index contributed by atoms with van der Waals surface area (Å²) in [5.41, 5.74) is 4.42. The largest absolute Gasteiger partial charge is 0.271 e. The van der Waals surface area contributed by atoms with E-state index < -0.39 is 0 Å². The number of hydrogen-bond donors (Lipinski definition) is 2. The second-order valence-corrected chi connectivity index (χ2v) is 5.83. The quantitative estimate of drug-likeness (QED) is 0.623. The summed E-state index contributed by atoms with van der Waals surface area (Å²) in [6.07, 6.45) is 8.79. The summed E-state index contributed by atoms with van der Waals surface area (Å²) >= 11 is 0. The number of aryl methyl sites for hydroxylation is 1. The van der Waals surface area contributed by atoms with Crippen molar-refractivity contribution in [3.8, 4) is 0 Å². The van der Waals surface area contributed by atoms with Crippen LogP contribution in [0.2, 0.25) is 0 Å². The second-order valence-electron chi connectivity index (χ2n) is 5.83. The average molecular weight is 264 g/mol. The zero-order valence-corrected chi connectivity index (χ0v) is 11.8. The van der Waals surface area contributed by atoms with E-state index in [4.69, 9.17) is 5.84 Å². The third-order valence-corrected chi connectivity index (χ3v) is 4.32. The predicted molar refractivity (Wildman–Crippen MR) is 77.0 cm³/mol. The third kappa shape index (κ3) is 4.02. The average Bonchev–Trinajstić information content (AvgIpc) is 2.42. The first-order valence-corrected chi connectivity index (χ1v) is 7.43. The van der Waals surface area contributed by atoms with E-state index in [1.807, 2.05) is 19.1 Å². The van der Waals surface area contributed by atoms with Gasteiger partial charge in [-0.15, -0.1) is 0 Å². The number of hydrogen-bond acceptors (Lipinski definition) is 2. The molecular formula is C16H25FN2. The SMILES string of the molecule is Cc1ccc(C(CCC2CCCCC2)NN)c(F)c1. The van der Waals surface area contributed by atoms with E-state index in [-0.39, 0.29) is 11.9 Å². The lowest BCUT2D eigenvalue weighted by Crippen LogP contribution is -2.29. The van der Waals surface area contributed by atoms with Crippen molar-refractivity contribution >= 4 is 0 Å². The highest BCUT2D eigenvalue weighted by molar-refractivity contribution is 5.26. The fraction of sp³-hybridized carbons (Fsp3) is 0.625. The molecule has 0 bridgehead atoms. The number of halogens is 1. The van der Waals surface area contributed by atoms with Gasteiger partial charge in [-0.05, 0) is 37.3 Å². The number of benzene rings is 1. The lowest BCUT2D eigenvalue weighted by Gasteiger charge is -2.24. The molecule has 1 aromatic carbocycles. The molecule has 3 heteroatoms. The second kappa shape index (κ2) is 7.01. The highest BCUT2D eigenvalue weighted by atomic mass is 19.1. The van der Waals surface area contributed by atoms with Gasteiger partial charge in [0.05, 0.1) is 0 Å². The summed E-state index contributed by atoms with van der Waals surface area (Å²) in [6, 6.07) is 5.32. The van der Waals surface area contributed by atoms with E-state index in [0.717, 1.165) is 24.3 Å². The molecule has 19 heavy (non-hydrogen) atoms. The molecule has 0 aliphatic heterocycles. The van der Waals surface area contributed by atoms with Crippen LogP contribution in [-0.4, -0.2) is 0 Å². The molecule has 1 atom stereocenters. The molecule has 1 aliphatic carbocycles. The van der Waals surface area contributed by atoms with Crippen molar-refractivity contribution in [3.63, 3.8) is 0 Å². The van der Waals surface area contributed by atoms with Crippen molar-refractivity contribution in [2.45, 2.75) is 57.9 Å². The molecule has 1 aliphatic rings. The van der Waals surface area contributed by atoms with Gasteiger partial charge < -0.3 is 0 Å². The fourth-order valence-electron chi connectivity index (χ4n) is 3.12. The molecule has 0 spiro atoms. The minimum Gasteiger partial charge on any atom is -0.271 e. The lowest BCUT2D eigenvalue weighted by molar-refractivity contribution is 0.313. The van der Waals surface area contributed by atoms with Gasteiger partial charge in [0.1, 0.15) is 5.82 Å². The first-order valence-electron chi connectivity index (χ1n) is 7.43. The number of nitrogens with two attached hydrogens (primary N) is 1. The molecule has 0 saturated heterocycles. The van der Waals surface area contributed by atoms with Crippen LogP contribution in [0.1, 0.15) is 62.1 Å². The van der Waals surface area contributed by atoms with Crippen LogP contribution < -0.4 is 11.3 Å². The van der Waals surface area contributed by atoms with Gasteiger partial charge in [0.25, 0.3) is 0 Å². The zero-order valence-electron chi connectivity index (χ0n) is 11.8. The minimum atomic E-state index is -0.147. The van der Waals surface area contributed by atoms with Crippen molar-refractivity contribution in [1.82, 2.24) is 5.43 Å². The maximum atomic E-state index is 14.0. The van der Waals surface area contributed by atoms with Crippen molar-refractivity contribution in [2.24, 2.45) is 11.8 Å². The van der Waals surface area contributed by atoms with E-state index in [0.29, 0.717) is 5.56 Å². The Labute approximate surface area is 115 Å². The van der Waals surface area contributed by atoms with Crippen molar-refractivity contribution < 1.29 is 4.39 Å². The Hall–Kier alpha value is -0.930. The van der Waals surface area contributed by atoms with Crippen LogP contribution in [0.3, 0.4) is 0 Å². The Bertz CT molecular complexity index is 400. The summed E-state index contributed by atoms with van der Waals surface area (Å²) in [4.78, 5) is 0. The number of nitrogens with one attached hydrogen (secondary N) is 1. The normalized spacial score (nSPS) is 18.5. The summed E-state index contributed by atoms with van der Waals surface area (Å²) in [5, 5.41) is 0. The van der Waals surface area contributed by atoms with E-state index in [2.05, 4.69) is 5.43 Å². The van der Waals surface area contributed by atoms with Gasteiger partial charge in [0, 0.05) is 11.6 Å². The molecule has 1 unspecified atom stereocenters. The summed E-state index contributed by atoms with van der Waals surface area (Å²) in [7, 11) is 0. The maximum absolute atomic E-state index is 14.0. The fourth-order valence-corrected chi connectivity index (χ4v) is 3.12. The van der Waals surface area contributed by atoms with Crippen LogP contribution in [-0.2, 0) is 0 Å². The Morgan fingerprint density at radius 1 is 1.32 bits per heavy atom. The molecule has 0 radical (unpaired) electrons. The van der Waals surface area contributed by atoms with E-state index in [1.54, 1.807) is 6.07 Å². The van der Waals surface area contributed by atoms with Gasteiger partial charge in [-0.3, -0.25) is 11.3 Å². The first-order chi connectivity index (χ1) is 9.20. The molecule has 0 amide bonds. The molecule has 2 nitrogen and oxygen atoms in total. The van der Waals surface area contributed by atoms with Crippen LogP contribution in [0.25, 0.3) is 0 Å². The summed E-state index contributed by atoms with van der Waals surface area (Å²) in [5.74, 6) is 6.27. The first kappa shape index (κ1) is 14.5. The number of rotatable bonds is 5. The van der Waals surface area contributed by atoms with Crippen molar-refractivity contribution in [2.75, 3.05) is 0 Å². The molecular weight excluding hydrogens is 239 g/mol. The van der Waals surface area contributed by atoms with Crippen LogP contribution >= 0.6 is 0 Å². The molecule has 1 fully saturated rings. The lowest BCUT2D eigenvalue weighted by atomic mass is 9.84. The molecule has 106 valence electrons. The minimum absolute atomic E-state index is 0.0671. The van der Waals surface area contributed by atoms with Gasteiger partial charge in [-0.2, -0.15) is 0 Å². The predicted octanol–water partition coefficient (Wildman–Crippen LogP) is 4.00. The monoisotopic (exact) mass is 264 g/mol. The highest BCUT2D eigenvalue weighted by Crippen LogP contribution is 2.30.